The zero-order valence-electron chi connectivity index (χ0n) is 41.0. The number of fused-ring (bicyclic) bond motifs is 6. The largest absolute Gasteiger partial charge is 0.328 e. The standard InChI is InChI=1S/C69H57N/c1-45-42-61(50-19-8-7-9-20-50)69(6)59-27-14-15-29-62(59)70(68(5)41-40-67(4,63(45)65(68)69)60-28-17-25-57-56-24-12-13-26-58(56)66(2,3)64(57)60)55-38-36-48(37-39-55)47-30-32-49(33-31-47)52-22-16-23-53(43-52)54-35-34-46-18-10-11-21-51(46)44-54/h7-45H,1-6H3. The Kier molecular flexibility index (Phi) is 9.31. The number of hydrogen-bond donors (Lipinski definition) is 0. The van der Waals surface area contributed by atoms with Crippen LogP contribution in [0.15, 0.2) is 242 Å². The molecule has 338 valence electrons. The van der Waals surface area contributed by atoms with Crippen molar-refractivity contribution in [1.29, 1.82) is 0 Å². The van der Waals surface area contributed by atoms with Crippen LogP contribution in [0.1, 0.15) is 69.4 Å². The number of rotatable bonds is 6. The monoisotopic (exact) mass is 899 g/mol. The molecule has 4 aliphatic rings. The molecule has 3 aliphatic carbocycles. The van der Waals surface area contributed by atoms with Crippen LogP contribution in [0.2, 0.25) is 0 Å². The van der Waals surface area contributed by atoms with Crippen molar-refractivity contribution in [3.05, 3.63) is 270 Å². The van der Waals surface area contributed by atoms with Crippen molar-refractivity contribution in [1.82, 2.24) is 0 Å². The minimum atomic E-state index is -0.485. The predicted molar refractivity (Wildman–Crippen MR) is 296 cm³/mol. The second kappa shape index (κ2) is 15.4. The molecule has 70 heavy (non-hydrogen) atoms. The maximum absolute atomic E-state index is 2.65. The molecule has 0 saturated carbocycles. The van der Waals surface area contributed by atoms with E-state index in [1.807, 2.05) is 0 Å². The minimum absolute atomic E-state index is 0.144. The molecule has 4 unspecified atom stereocenters. The summed E-state index contributed by atoms with van der Waals surface area (Å²) in [6, 6.07) is 79.3. The fourth-order valence-corrected chi connectivity index (χ4v) is 13.8. The first-order valence-corrected chi connectivity index (χ1v) is 25.2. The highest BCUT2D eigenvalue weighted by atomic mass is 15.2. The van der Waals surface area contributed by atoms with Crippen molar-refractivity contribution < 1.29 is 0 Å². The van der Waals surface area contributed by atoms with Crippen molar-refractivity contribution in [2.24, 2.45) is 5.92 Å². The van der Waals surface area contributed by atoms with Gasteiger partial charge >= 0.3 is 0 Å². The Hall–Kier alpha value is -7.74. The molecule has 0 saturated heterocycles. The quantitative estimate of drug-likeness (QED) is 0.150. The summed E-state index contributed by atoms with van der Waals surface area (Å²) in [7, 11) is 0. The lowest BCUT2D eigenvalue weighted by atomic mass is 9.49. The molecule has 1 heteroatoms. The highest BCUT2D eigenvalue weighted by molar-refractivity contribution is 5.93. The average molecular weight is 900 g/mol. The molecule has 0 fully saturated rings. The van der Waals surface area contributed by atoms with Crippen molar-refractivity contribution in [3.63, 3.8) is 0 Å². The van der Waals surface area contributed by atoms with E-state index in [2.05, 4.69) is 277 Å². The van der Waals surface area contributed by atoms with E-state index >= 15 is 0 Å². The fraction of sp³-hybridized carbons (Fsp3) is 0.159. The minimum Gasteiger partial charge on any atom is -0.328 e. The zero-order valence-corrected chi connectivity index (χ0v) is 41.0. The highest BCUT2D eigenvalue weighted by Gasteiger charge is 2.59. The number of allylic oxidation sites excluding steroid dienone is 4. The first-order valence-electron chi connectivity index (χ1n) is 25.2. The molecular weight excluding hydrogens is 843 g/mol. The van der Waals surface area contributed by atoms with Gasteiger partial charge in [0.25, 0.3) is 0 Å². The van der Waals surface area contributed by atoms with Crippen LogP contribution in [0.4, 0.5) is 11.4 Å². The third kappa shape index (κ3) is 6.03. The molecule has 0 radical (unpaired) electrons. The molecule has 9 aromatic rings. The lowest BCUT2D eigenvalue weighted by molar-refractivity contribution is 0.446. The molecule has 4 atom stereocenters. The number of para-hydroxylation sites is 1. The van der Waals surface area contributed by atoms with Crippen LogP contribution < -0.4 is 4.90 Å². The van der Waals surface area contributed by atoms with Gasteiger partial charge in [0, 0.05) is 27.6 Å². The second-order valence-electron chi connectivity index (χ2n) is 21.4. The molecule has 0 aromatic heterocycles. The van der Waals surface area contributed by atoms with Gasteiger partial charge in [-0.3, -0.25) is 0 Å². The third-order valence-corrected chi connectivity index (χ3v) is 17.0. The third-order valence-electron chi connectivity index (χ3n) is 17.0. The fourth-order valence-electron chi connectivity index (χ4n) is 13.8. The molecule has 1 nitrogen and oxygen atoms in total. The number of anilines is 2. The highest BCUT2D eigenvalue weighted by Crippen LogP contribution is 2.66. The molecular formula is C69H57N. The van der Waals surface area contributed by atoms with Crippen LogP contribution in [-0.2, 0) is 16.2 Å². The van der Waals surface area contributed by atoms with Crippen LogP contribution in [-0.4, -0.2) is 5.54 Å². The summed E-state index contributed by atoms with van der Waals surface area (Å²) in [6.45, 7) is 14.9. The van der Waals surface area contributed by atoms with Gasteiger partial charge in [-0.25, -0.2) is 0 Å². The van der Waals surface area contributed by atoms with Crippen molar-refractivity contribution in [2.45, 2.75) is 63.3 Å². The van der Waals surface area contributed by atoms with Crippen LogP contribution in [0, 0.1) is 5.92 Å². The normalized spacial score (nSPS) is 22.5. The van der Waals surface area contributed by atoms with Crippen LogP contribution in [0.25, 0.3) is 60.9 Å². The van der Waals surface area contributed by atoms with Gasteiger partial charge in [0.2, 0.25) is 0 Å². The maximum Gasteiger partial charge on any atom is 0.0833 e. The summed E-state index contributed by atoms with van der Waals surface area (Å²) in [6.07, 6.45) is 7.78. The van der Waals surface area contributed by atoms with E-state index in [1.54, 1.807) is 0 Å². The van der Waals surface area contributed by atoms with Gasteiger partial charge in [0.1, 0.15) is 0 Å². The Morgan fingerprint density at radius 1 is 0.414 bits per heavy atom. The second-order valence-corrected chi connectivity index (χ2v) is 21.4. The Morgan fingerprint density at radius 2 is 0.957 bits per heavy atom. The van der Waals surface area contributed by atoms with Gasteiger partial charge in [-0.15, -0.1) is 0 Å². The van der Waals surface area contributed by atoms with E-state index < -0.39 is 11.0 Å². The lowest BCUT2D eigenvalue weighted by Crippen LogP contribution is -2.59. The van der Waals surface area contributed by atoms with Gasteiger partial charge in [0.15, 0.2) is 0 Å². The number of hydrogen-bond acceptors (Lipinski definition) is 1. The van der Waals surface area contributed by atoms with Crippen molar-refractivity contribution in [3.8, 4) is 44.5 Å². The molecule has 0 bridgehead atoms. The SMILES string of the molecule is CC1C=C(c2ccccc2)C2(C)C3=C1C(C)(c1cccc4c1C(C)(C)c1ccccc1-4)C=CC3(C)N(c1ccc(-c3ccc(-c4cccc(-c5ccc6ccccc6c5)c4)cc3)cc1)c1ccccc12. The first kappa shape index (κ1) is 42.4. The molecule has 9 aromatic carbocycles. The molecule has 1 heterocycles. The van der Waals surface area contributed by atoms with E-state index in [-0.39, 0.29) is 16.7 Å². The number of benzene rings is 9. The molecule has 13 rings (SSSR count). The topological polar surface area (TPSA) is 3.24 Å². The number of nitrogens with zero attached hydrogens (tertiary/aromatic N) is 1. The summed E-state index contributed by atoms with van der Waals surface area (Å²) in [4.78, 5) is 2.65. The van der Waals surface area contributed by atoms with Crippen molar-refractivity contribution in [2.75, 3.05) is 4.90 Å². The Labute approximate surface area is 413 Å². The lowest BCUT2D eigenvalue weighted by Gasteiger charge is -2.61. The van der Waals surface area contributed by atoms with Gasteiger partial charge < -0.3 is 4.90 Å². The van der Waals surface area contributed by atoms with Crippen LogP contribution in [0.5, 0.6) is 0 Å². The van der Waals surface area contributed by atoms with E-state index in [1.165, 1.54) is 111 Å². The van der Waals surface area contributed by atoms with E-state index in [4.69, 9.17) is 0 Å². The molecule has 0 N–H and O–H groups in total. The van der Waals surface area contributed by atoms with E-state index in [0.29, 0.717) is 0 Å². The first-order chi connectivity index (χ1) is 34.0. The van der Waals surface area contributed by atoms with E-state index in [9.17, 15) is 0 Å². The Balaban J connectivity index is 0.918. The van der Waals surface area contributed by atoms with Gasteiger partial charge in [-0.05, 0) is 157 Å². The average Bonchev–Trinajstić information content (AvgIpc) is 3.64. The Morgan fingerprint density at radius 3 is 1.71 bits per heavy atom. The smallest absolute Gasteiger partial charge is 0.0833 e. The van der Waals surface area contributed by atoms with Gasteiger partial charge in [-0.1, -0.05) is 221 Å². The van der Waals surface area contributed by atoms with Crippen molar-refractivity contribution >= 4 is 27.7 Å². The van der Waals surface area contributed by atoms with Gasteiger partial charge in [0.05, 0.1) is 5.54 Å². The zero-order chi connectivity index (χ0) is 47.6. The van der Waals surface area contributed by atoms with E-state index in [0.717, 1.165) is 0 Å². The summed E-state index contributed by atoms with van der Waals surface area (Å²) in [5, 5.41) is 2.53. The van der Waals surface area contributed by atoms with Crippen LogP contribution >= 0.6 is 0 Å². The summed E-state index contributed by atoms with van der Waals surface area (Å²) >= 11 is 0. The molecule has 0 amide bonds. The predicted octanol–water partition coefficient (Wildman–Crippen LogP) is 17.9. The van der Waals surface area contributed by atoms with Crippen LogP contribution in [0.3, 0.4) is 0 Å². The molecule has 1 aliphatic heterocycles. The Bertz CT molecular complexity index is 3680. The maximum atomic E-state index is 2.65. The molecule has 0 spiro atoms. The summed E-state index contributed by atoms with van der Waals surface area (Å²) in [5.74, 6) is 0.175. The van der Waals surface area contributed by atoms with Gasteiger partial charge in [-0.2, -0.15) is 0 Å². The summed E-state index contributed by atoms with van der Waals surface area (Å²) < 4.78 is 0. The summed E-state index contributed by atoms with van der Waals surface area (Å²) in [5.41, 5.74) is 22.4.